The number of hydrogen-bond donors (Lipinski definition) is 0. The molecular weight excluding hydrogens is 290 g/mol. The van der Waals surface area contributed by atoms with Crippen molar-refractivity contribution in [2.24, 2.45) is 5.16 Å². The maximum absolute atomic E-state index is 12.0. The predicted octanol–water partition coefficient (Wildman–Crippen LogP) is 3.68. The van der Waals surface area contributed by atoms with E-state index >= 15 is 0 Å². The van der Waals surface area contributed by atoms with Gasteiger partial charge in [-0.2, -0.15) is 0 Å². The van der Waals surface area contributed by atoms with Crippen LogP contribution >= 0.6 is 0 Å². The van der Waals surface area contributed by atoms with Crippen molar-refractivity contribution >= 4 is 18.3 Å². The molecule has 118 valence electrons. The third-order valence-corrected chi connectivity index (χ3v) is 2.97. The molecule has 0 unspecified atom stereocenters. The summed E-state index contributed by atoms with van der Waals surface area (Å²) in [6.07, 6.45) is 3.35. The number of carbonyl (C=O) groups is 1. The van der Waals surface area contributed by atoms with Gasteiger partial charge in [0, 0.05) is 0 Å². The molecule has 23 heavy (non-hydrogen) atoms. The van der Waals surface area contributed by atoms with Crippen molar-refractivity contribution in [3.05, 3.63) is 77.4 Å². The molecule has 2 rings (SSSR count). The lowest BCUT2D eigenvalue weighted by molar-refractivity contribution is -0.139. The Morgan fingerprint density at radius 3 is 2.22 bits per heavy atom. The zero-order valence-corrected chi connectivity index (χ0v) is 13.0. The van der Waals surface area contributed by atoms with Crippen LogP contribution in [-0.4, -0.2) is 25.4 Å². The second-order valence-corrected chi connectivity index (χ2v) is 4.72. The Kier molecular flexibility index (Phi) is 6.60. The molecule has 0 atom stereocenters. The van der Waals surface area contributed by atoms with E-state index in [1.165, 1.54) is 0 Å². The molecule has 0 bridgehead atoms. The SMILES string of the molecule is CCOC(=O)/C(=C/c1ccccc1)CO/N=C/c1ccccc1. The van der Waals surface area contributed by atoms with Crippen molar-refractivity contribution in [1.29, 1.82) is 0 Å². The summed E-state index contributed by atoms with van der Waals surface area (Å²) in [7, 11) is 0. The van der Waals surface area contributed by atoms with Gasteiger partial charge in [-0.25, -0.2) is 4.79 Å². The fourth-order valence-electron chi connectivity index (χ4n) is 1.88. The summed E-state index contributed by atoms with van der Waals surface area (Å²) in [5.74, 6) is -0.397. The quantitative estimate of drug-likeness (QED) is 0.339. The van der Waals surface area contributed by atoms with Crippen LogP contribution in [0.1, 0.15) is 18.1 Å². The number of nitrogens with zero attached hydrogens (tertiary/aromatic N) is 1. The normalized spacial score (nSPS) is 11.4. The molecule has 0 aromatic heterocycles. The van der Waals surface area contributed by atoms with Gasteiger partial charge >= 0.3 is 5.97 Å². The molecule has 0 fully saturated rings. The van der Waals surface area contributed by atoms with E-state index in [2.05, 4.69) is 5.16 Å². The van der Waals surface area contributed by atoms with Crippen LogP contribution in [0.3, 0.4) is 0 Å². The number of ether oxygens (including phenoxy) is 1. The van der Waals surface area contributed by atoms with E-state index in [1.54, 1.807) is 19.2 Å². The molecule has 4 heteroatoms. The molecule has 0 saturated carbocycles. The number of oxime groups is 1. The monoisotopic (exact) mass is 309 g/mol. The summed E-state index contributed by atoms with van der Waals surface area (Å²) >= 11 is 0. The van der Waals surface area contributed by atoms with Gasteiger partial charge in [0.15, 0.2) is 0 Å². The van der Waals surface area contributed by atoms with Crippen molar-refractivity contribution in [3.63, 3.8) is 0 Å². The highest BCUT2D eigenvalue weighted by molar-refractivity contribution is 5.94. The van der Waals surface area contributed by atoms with Crippen molar-refractivity contribution in [2.75, 3.05) is 13.2 Å². The molecule has 0 amide bonds. The minimum Gasteiger partial charge on any atom is -0.463 e. The van der Waals surface area contributed by atoms with Crippen molar-refractivity contribution in [1.82, 2.24) is 0 Å². The predicted molar refractivity (Wildman–Crippen MR) is 91.0 cm³/mol. The smallest absolute Gasteiger partial charge is 0.337 e. The van der Waals surface area contributed by atoms with Crippen molar-refractivity contribution in [3.8, 4) is 0 Å². The standard InChI is InChI=1S/C19H19NO3/c1-2-22-19(21)18(13-16-9-5-3-6-10-16)15-23-20-14-17-11-7-4-8-12-17/h3-14H,2,15H2,1H3/b18-13+,20-14+. The summed E-state index contributed by atoms with van der Waals surface area (Å²) in [4.78, 5) is 17.2. The average molecular weight is 309 g/mol. The first-order chi connectivity index (χ1) is 11.3. The molecular formula is C19H19NO3. The van der Waals surface area contributed by atoms with Gasteiger partial charge in [-0.1, -0.05) is 65.8 Å². The van der Waals surface area contributed by atoms with Crippen LogP contribution in [0.2, 0.25) is 0 Å². The lowest BCUT2D eigenvalue weighted by atomic mass is 10.1. The van der Waals surface area contributed by atoms with Crippen LogP contribution < -0.4 is 0 Å². The zero-order chi connectivity index (χ0) is 16.3. The summed E-state index contributed by atoms with van der Waals surface area (Å²) in [6, 6.07) is 19.1. The minimum absolute atomic E-state index is 0.0526. The van der Waals surface area contributed by atoms with Crippen LogP contribution in [0.4, 0.5) is 0 Å². The Morgan fingerprint density at radius 2 is 1.61 bits per heavy atom. The summed E-state index contributed by atoms with van der Waals surface area (Å²) in [5, 5.41) is 3.89. The zero-order valence-electron chi connectivity index (χ0n) is 13.0. The summed E-state index contributed by atoms with van der Waals surface area (Å²) in [5.41, 5.74) is 2.26. The fourth-order valence-corrected chi connectivity index (χ4v) is 1.88. The molecule has 0 saturated heterocycles. The van der Waals surface area contributed by atoms with Gasteiger partial charge in [0.25, 0.3) is 0 Å². The minimum atomic E-state index is -0.397. The van der Waals surface area contributed by atoms with E-state index in [0.717, 1.165) is 11.1 Å². The van der Waals surface area contributed by atoms with Gasteiger partial charge in [0.05, 0.1) is 18.4 Å². The lowest BCUT2D eigenvalue weighted by Gasteiger charge is -2.06. The molecule has 0 spiro atoms. The molecule has 4 nitrogen and oxygen atoms in total. The van der Waals surface area contributed by atoms with Gasteiger partial charge in [-0.3, -0.25) is 0 Å². The highest BCUT2D eigenvalue weighted by Crippen LogP contribution is 2.09. The summed E-state index contributed by atoms with van der Waals surface area (Å²) < 4.78 is 5.05. The van der Waals surface area contributed by atoms with E-state index in [9.17, 15) is 4.79 Å². The third kappa shape index (κ3) is 5.79. The largest absolute Gasteiger partial charge is 0.463 e. The number of benzene rings is 2. The van der Waals surface area contributed by atoms with Gasteiger partial charge in [0.1, 0.15) is 6.61 Å². The van der Waals surface area contributed by atoms with Crippen LogP contribution in [0.25, 0.3) is 6.08 Å². The highest BCUT2D eigenvalue weighted by Gasteiger charge is 2.11. The Labute approximate surface area is 136 Å². The van der Waals surface area contributed by atoms with E-state index in [1.807, 2.05) is 60.7 Å². The number of rotatable bonds is 7. The Morgan fingerprint density at radius 1 is 1.00 bits per heavy atom. The molecule has 0 N–H and O–H groups in total. The van der Waals surface area contributed by atoms with Crippen LogP contribution in [-0.2, 0) is 14.4 Å². The Balaban J connectivity index is 2.02. The lowest BCUT2D eigenvalue weighted by Crippen LogP contribution is -2.11. The molecule has 0 radical (unpaired) electrons. The molecule has 0 aliphatic heterocycles. The Bertz CT molecular complexity index is 664. The van der Waals surface area contributed by atoms with E-state index in [4.69, 9.17) is 9.57 Å². The van der Waals surface area contributed by atoms with E-state index in [-0.39, 0.29) is 6.61 Å². The molecule has 0 heterocycles. The van der Waals surface area contributed by atoms with Gasteiger partial charge in [-0.15, -0.1) is 0 Å². The van der Waals surface area contributed by atoms with E-state index in [0.29, 0.717) is 12.2 Å². The fraction of sp³-hybridized carbons (Fsp3) is 0.158. The topological polar surface area (TPSA) is 47.9 Å². The van der Waals surface area contributed by atoms with Crippen molar-refractivity contribution in [2.45, 2.75) is 6.92 Å². The van der Waals surface area contributed by atoms with Gasteiger partial charge in [0.2, 0.25) is 0 Å². The first kappa shape index (κ1) is 16.5. The molecule has 0 aliphatic rings. The second-order valence-electron chi connectivity index (χ2n) is 4.72. The Hall–Kier alpha value is -2.88. The van der Waals surface area contributed by atoms with Crippen molar-refractivity contribution < 1.29 is 14.4 Å². The number of hydrogen-bond acceptors (Lipinski definition) is 4. The number of esters is 1. The van der Waals surface area contributed by atoms with Crippen LogP contribution in [0.15, 0.2) is 71.4 Å². The summed E-state index contributed by atoms with van der Waals surface area (Å²) in [6.45, 7) is 2.14. The van der Waals surface area contributed by atoms with Gasteiger partial charge < -0.3 is 9.57 Å². The van der Waals surface area contributed by atoms with Gasteiger partial charge in [-0.05, 0) is 24.1 Å². The molecule has 0 aliphatic carbocycles. The second kappa shape index (κ2) is 9.20. The van der Waals surface area contributed by atoms with Crippen LogP contribution in [0.5, 0.6) is 0 Å². The average Bonchev–Trinajstić information content (AvgIpc) is 2.59. The maximum atomic E-state index is 12.0. The number of carbonyl (C=O) groups excluding carboxylic acids is 1. The first-order valence-electron chi connectivity index (χ1n) is 7.42. The van der Waals surface area contributed by atoms with E-state index < -0.39 is 5.97 Å². The first-order valence-corrected chi connectivity index (χ1v) is 7.42. The maximum Gasteiger partial charge on any atom is 0.337 e. The highest BCUT2D eigenvalue weighted by atomic mass is 16.6. The molecule has 2 aromatic carbocycles. The van der Waals surface area contributed by atoms with Crippen LogP contribution in [0, 0.1) is 0 Å². The molecule has 2 aromatic rings. The third-order valence-electron chi connectivity index (χ3n) is 2.97.